The minimum absolute atomic E-state index is 0.0215. The van der Waals surface area contributed by atoms with E-state index in [1.165, 1.54) is 16.3 Å². The third-order valence-electron chi connectivity index (χ3n) is 9.01. The lowest BCUT2D eigenvalue weighted by Crippen LogP contribution is -2.52. The molecule has 2 aliphatic carbocycles. The summed E-state index contributed by atoms with van der Waals surface area (Å²) < 4.78 is 29.6. The molecule has 3 atom stereocenters. The van der Waals surface area contributed by atoms with Gasteiger partial charge in [0.2, 0.25) is 0 Å². The van der Waals surface area contributed by atoms with Crippen LogP contribution in [0.25, 0.3) is 0 Å². The van der Waals surface area contributed by atoms with Crippen LogP contribution in [0.5, 0.6) is 0 Å². The number of thioether (sulfide) groups is 1. The minimum atomic E-state index is -2.53. The van der Waals surface area contributed by atoms with Crippen LogP contribution < -0.4 is 36.6 Å². The van der Waals surface area contributed by atoms with E-state index in [9.17, 15) is 23.2 Å². The molecular weight excluding hydrogens is 566 g/mol. The molecule has 0 spiro atoms. The van der Waals surface area contributed by atoms with Gasteiger partial charge in [-0.1, -0.05) is 12.0 Å². The number of carbonyl (C=O) groups excluding carboxylic acids is 1. The Morgan fingerprint density at radius 1 is 1.21 bits per heavy atom. The maximum Gasteiger partial charge on any atom is 0.333 e. The number of rotatable bonds is 6. The molecule has 0 bridgehead atoms. The number of hydrogen-bond donors (Lipinski definition) is 2. The van der Waals surface area contributed by atoms with Gasteiger partial charge in [-0.3, -0.25) is 14.2 Å². The molecule has 0 aromatic carbocycles. The van der Waals surface area contributed by atoms with Crippen LogP contribution in [-0.2, 0) is 18.4 Å². The summed E-state index contributed by atoms with van der Waals surface area (Å²) in [5.74, 6) is 3.36. The van der Waals surface area contributed by atoms with E-state index in [0.29, 0.717) is 55.7 Å². The largest absolute Gasteiger partial charge is 0.356 e. The van der Waals surface area contributed by atoms with Crippen molar-refractivity contribution in [2.75, 3.05) is 41.5 Å². The number of nitrogens with one attached hydrogen (secondary N) is 2. The molecule has 5 heterocycles. The molecule has 7 rings (SSSR count). The summed E-state index contributed by atoms with van der Waals surface area (Å²) in [7, 11) is 3.42. The average Bonchev–Trinajstić information content (AvgIpc) is 3.54. The molecule has 2 aromatic heterocycles. The lowest BCUT2D eigenvalue weighted by molar-refractivity contribution is -0.122. The zero-order valence-corrected chi connectivity index (χ0v) is 24.2. The van der Waals surface area contributed by atoms with Gasteiger partial charge >= 0.3 is 5.69 Å². The number of pyridine rings is 1. The summed E-state index contributed by atoms with van der Waals surface area (Å²) in [6.45, 7) is 2.58. The third-order valence-corrected chi connectivity index (χ3v) is 10.0. The Balaban J connectivity index is 1.04. The molecule has 3 fully saturated rings. The van der Waals surface area contributed by atoms with E-state index < -0.39 is 34.5 Å². The smallest absolute Gasteiger partial charge is 0.333 e. The summed E-state index contributed by atoms with van der Waals surface area (Å²) in [5, 5.41) is 7.98. The van der Waals surface area contributed by atoms with Crippen molar-refractivity contribution in [3.05, 3.63) is 56.0 Å². The second-order valence-electron chi connectivity index (χ2n) is 11.5. The van der Waals surface area contributed by atoms with Gasteiger partial charge in [-0.05, 0) is 25.8 Å². The van der Waals surface area contributed by atoms with Crippen LogP contribution in [0.15, 0.2) is 39.1 Å². The normalized spacial score (nSPS) is 25.7. The van der Waals surface area contributed by atoms with Gasteiger partial charge in [0.05, 0.1) is 25.0 Å². The van der Waals surface area contributed by atoms with E-state index in [1.54, 1.807) is 27.2 Å². The fourth-order valence-corrected chi connectivity index (χ4v) is 7.29. The second-order valence-corrected chi connectivity index (χ2v) is 12.5. The fourth-order valence-electron chi connectivity index (χ4n) is 6.39. The summed E-state index contributed by atoms with van der Waals surface area (Å²) in [6.07, 6.45) is 2.88. The Kier molecular flexibility index (Phi) is 5.92. The number of hydrogen-bond acceptors (Lipinski definition) is 9. The first kappa shape index (κ1) is 26.9. The van der Waals surface area contributed by atoms with E-state index in [0.717, 1.165) is 10.1 Å². The Hall–Kier alpha value is -3.99. The maximum atomic E-state index is 13.7. The van der Waals surface area contributed by atoms with Gasteiger partial charge in [-0.25, -0.2) is 23.1 Å². The predicted molar refractivity (Wildman–Crippen MR) is 155 cm³/mol. The third kappa shape index (κ3) is 3.93. The highest BCUT2D eigenvalue weighted by molar-refractivity contribution is 8.02. The van der Waals surface area contributed by atoms with Crippen molar-refractivity contribution in [3.8, 4) is 11.8 Å². The van der Waals surface area contributed by atoms with Crippen molar-refractivity contribution in [1.29, 1.82) is 0 Å². The Morgan fingerprint density at radius 3 is 2.60 bits per heavy atom. The number of fused-ring (bicyclic) bond motifs is 2. The SMILES string of the molecule is CC#CCn1c(=O)c2c(n(C)c1=O)N(C)CN2C1(C(=O)NC2=CSC(c3ccc(N4CC5C(C4)C5(F)F)nc3)N2)CC1. The van der Waals surface area contributed by atoms with E-state index in [4.69, 9.17) is 0 Å². The molecule has 1 amide bonds. The molecule has 2 saturated carbocycles. The molecule has 0 radical (unpaired) electrons. The van der Waals surface area contributed by atoms with Crippen molar-refractivity contribution in [2.24, 2.45) is 18.9 Å². The molecule has 14 heteroatoms. The van der Waals surface area contributed by atoms with Gasteiger partial charge in [0.25, 0.3) is 17.4 Å². The van der Waals surface area contributed by atoms with Crippen molar-refractivity contribution < 1.29 is 13.6 Å². The number of alkyl halides is 2. The van der Waals surface area contributed by atoms with Crippen LogP contribution in [-0.4, -0.2) is 58.3 Å². The summed E-state index contributed by atoms with van der Waals surface area (Å²) in [5.41, 5.74) is -0.591. The van der Waals surface area contributed by atoms with E-state index in [1.807, 2.05) is 32.2 Å². The maximum absolute atomic E-state index is 13.7. The zero-order chi connectivity index (χ0) is 29.6. The fraction of sp³-hybridized carbons (Fsp3) is 0.500. The van der Waals surface area contributed by atoms with E-state index >= 15 is 0 Å². The Bertz CT molecular complexity index is 1690. The molecule has 3 aliphatic heterocycles. The highest BCUT2D eigenvalue weighted by Gasteiger charge is 2.71. The molecule has 2 N–H and O–H groups in total. The van der Waals surface area contributed by atoms with Crippen LogP contribution in [0, 0.1) is 23.7 Å². The molecular formula is C28H30F2N8O3S. The molecule has 42 heavy (non-hydrogen) atoms. The van der Waals surface area contributed by atoms with Crippen LogP contribution in [0.4, 0.5) is 26.1 Å². The van der Waals surface area contributed by atoms with Crippen LogP contribution in [0.1, 0.15) is 30.7 Å². The lowest BCUT2D eigenvalue weighted by atomic mass is 10.2. The van der Waals surface area contributed by atoms with E-state index in [2.05, 4.69) is 27.5 Å². The number of piperidine rings is 1. The lowest BCUT2D eigenvalue weighted by Gasteiger charge is -2.29. The molecule has 1 saturated heterocycles. The highest BCUT2D eigenvalue weighted by Crippen LogP contribution is 2.59. The number of carbonyl (C=O) groups is 1. The van der Waals surface area contributed by atoms with E-state index in [-0.39, 0.29) is 17.8 Å². The average molecular weight is 597 g/mol. The summed E-state index contributed by atoms with van der Waals surface area (Å²) in [6, 6.07) is 3.77. The summed E-state index contributed by atoms with van der Waals surface area (Å²) >= 11 is 1.49. The Morgan fingerprint density at radius 2 is 1.95 bits per heavy atom. The van der Waals surface area contributed by atoms with Gasteiger partial charge < -0.3 is 25.3 Å². The molecule has 220 valence electrons. The van der Waals surface area contributed by atoms with Gasteiger partial charge in [-0.2, -0.15) is 0 Å². The van der Waals surface area contributed by atoms with Crippen LogP contribution >= 0.6 is 11.8 Å². The highest BCUT2D eigenvalue weighted by atomic mass is 32.2. The van der Waals surface area contributed by atoms with Gasteiger partial charge in [0.1, 0.15) is 34.1 Å². The monoisotopic (exact) mass is 596 g/mol. The number of anilines is 3. The van der Waals surface area contributed by atoms with Gasteiger partial charge in [0.15, 0.2) is 0 Å². The van der Waals surface area contributed by atoms with Crippen LogP contribution in [0.3, 0.4) is 0 Å². The molecule has 11 nitrogen and oxygen atoms in total. The second kappa shape index (κ2) is 9.26. The quantitative estimate of drug-likeness (QED) is 0.478. The minimum Gasteiger partial charge on any atom is -0.356 e. The van der Waals surface area contributed by atoms with Crippen LogP contribution in [0.2, 0.25) is 0 Å². The Labute approximate surface area is 244 Å². The molecule has 3 unspecified atom stereocenters. The topological polar surface area (TPSA) is 108 Å². The predicted octanol–water partition coefficient (Wildman–Crippen LogP) is 1.36. The van der Waals surface area contributed by atoms with Crippen molar-refractivity contribution in [3.63, 3.8) is 0 Å². The molecule has 2 aromatic rings. The standard InChI is InChI=1S/C28H30F2N8O3S/c1-4-5-10-37-24(39)21-23(35(3)26(37)41)34(2)15-38(21)27(8-9-27)25(40)33-19-14-42-22(32-19)16-6-7-20(31-11-16)36-12-17-18(13-36)28(17,29)30/h6-7,11,14,17-18,22,32H,8-10,12-13,15H2,1-3H3,(H,33,40). The molecule has 5 aliphatic rings. The summed E-state index contributed by atoms with van der Waals surface area (Å²) in [4.78, 5) is 50.1. The number of amides is 1. The number of nitrogens with zero attached hydrogens (tertiary/aromatic N) is 6. The zero-order valence-electron chi connectivity index (χ0n) is 23.4. The first-order valence-corrected chi connectivity index (χ1v) is 14.8. The van der Waals surface area contributed by atoms with Crippen molar-refractivity contribution in [1.82, 2.24) is 24.8 Å². The van der Waals surface area contributed by atoms with Crippen molar-refractivity contribution >= 4 is 35.0 Å². The number of aromatic nitrogens is 3. The van der Waals surface area contributed by atoms with Gasteiger partial charge in [0, 0.05) is 44.4 Å². The first-order chi connectivity index (χ1) is 20.1. The van der Waals surface area contributed by atoms with Crippen molar-refractivity contribution in [2.45, 2.75) is 43.1 Å². The van der Waals surface area contributed by atoms with Gasteiger partial charge in [-0.15, -0.1) is 17.7 Å². The first-order valence-electron chi connectivity index (χ1n) is 13.8. The number of halogens is 2.